The quantitative estimate of drug-likeness (QED) is 0.875. The smallest absolute Gasteiger partial charge is 0.237 e. The van der Waals surface area contributed by atoms with Gasteiger partial charge in [0.1, 0.15) is 5.75 Å². The molecule has 2 amide bonds. The van der Waals surface area contributed by atoms with Gasteiger partial charge >= 0.3 is 0 Å². The maximum absolute atomic E-state index is 12.5. The number of para-hydroxylation sites is 1. The van der Waals surface area contributed by atoms with Crippen LogP contribution in [0, 0.1) is 0 Å². The molecular weight excluding hydrogens is 306 g/mol. The molecule has 0 aromatic heterocycles. The zero-order valence-electron chi connectivity index (χ0n) is 14.2. The van der Waals surface area contributed by atoms with Crippen LogP contribution in [0.5, 0.6) is 5.75 Å². The molecule has 2 saturated heterocycles. The molecule has 24 heavy (non-hydrogen) atoms. The Morgan fingerprint density at radius 1 is 1.25 bits per heavy atom. The first kappa shape index (κ1) is 16.8. The molecule has 2 heterocycles. The number of hydrogen-bond donors (Lipinski definition) is 1. The van der Waals surface area contributed by atoms with E-state index in [2.05, 4.69) is 10.2 Å². The predicted octanol–water partition coefficient (Wildman–Crippen LogP) is 1.01. The minimum atomic E-state index is -0.406. The Morgan fingerprint density at radius 3 is 2.75 bits per heavy atom. The molecule has 0 saturated carbocycles. The van der Waals surface area contributed by atoms with Crippen LogP contribution >= 0.6 is 0 Å². The molecule has 1 unspecified atom stereocenters. The van der Waals surface area contributed by atoms with Gasteiger partial charge in [-0.05, 0) is 18.9 Å². The van der Waals surface area contributed by atoms with Crippen molar-refractivity contribution in [1.82, 2.24) is 15.1 Å². The molecule has 0 radical (unpaired) electrons. The summed E-state index contributed by atoms with van der Waals surface area (Å²) in [7, 11) is 1.65. The fraction of sp³-hybridized carbons (Fsp3) is 0.556. The number of nitrogens with zero attached hydrogens (tertiary/aromatic N) is 2. The Bertz CT molecular complexity index is 599. The fourth-order valence-electron chi connectivity index (χ4n) is 3.49. The second kappa shape index (κ2) is 7.66. The third-order valence-electron chi connectivity index (χ3n) is 4.83. The van der Waals surface area contributed by atoms with Crippen molar-refractivity contribution in [3.8, 4) is 5.75 Å². The predicted molar refractivity (Wildman–Crippen MR) is 90.6 cm³/mol. The van der Waals surface area contributed by atoms with E-state index in [1.54, 1.807) is 7.11 Å². The molecule has 6 nitrogen and oxygen atoms in total. The number of piperazine rings is 1. The van der Waals surface area contributed by atoms with E-state index < -0.39 is 6.04 Å². The molecule has 130 valence electrons. The molecule has 0 spiro atoms. The van der Waals surface area contributed by atoms with Gasteiger partial charge in [-0.3, -0.25) is 14.5 Å². The first-order valence-corrected chi connectivity index (χ1v) is 8.60. The Labute approximate surface area is 142 Å². The van der Waals surface area contributed by atoms with Gasteiger partial charge < -0.3 is 15.0 Å². The van der Waals surface area contributed by atoms with E-state index in [1.165, 1.54) is 0 Å². The number of methoxy groups -OCH3 is 1. The Kier molecular flexibility index (Phi) is 5.35. The summed E-state index contributed by atoms with van der Waals surface area (Å²) in [5, 5.41) is 2.89. The lowest BCUT2D eigenvalue weighted by Gasteiger charge is -2.35. The highest BCUT2D eigenvalue weighted by Gasteiger charge is 2.33. The summed E-state index contributed by atoms with van der Waals surface area (Å²) in [5.41, 5.74) is 1.04. The standard InChI is InChI=1S/C18H25N3O3/c1-24-16-7-3-2-6-14(16)13-21-11-8-19-18(23)15(21)12-17(22)20-9-4-5-10-20/h2-3,6-7,15H,4-5,8-13H2,1H3,(H,19,23). The van der Waals surface area contributed by atoms with Gasteiger partial charge in [0.15, 0.2) is 0 Å². The van der Waals surface area contributed by atoms with E-state index >= 15 is 0 Å². The van der Waals surface area contributed by atoms with Crippen LogP contribution in [-0.4, -0.2) is 60.9 Å². The zero-order valence-corrected chi connectivity index (χ0v) is 14.2. The number of likely N-dealkylation sites (tertiary alicyclic amines) is 1. The monoisotopic (exact) mass is 331 g/mol. The maximum Gasteiger partial charge on any atom is 0.237 e. The van der Waals surface area contributed by atoms with Crippen molar-refractivity contribution < 1.29 is 14.3 Å². The van der Waals surface area contributed by atoms with Crippen molar-refractivity contribution in [1.29, 1.82) is 0 Å². The molecule has 2 aliphatic rings. The molecular formula is C18H25N3O3. The van der Waals surface area contributed by atoms with Gasteiger partial charge in [0.25, 0.3) is 0 Å². The van der Waals surface area contributed by atoms with Crippen molar-refractivity contribution in [2.75, 3.05) is 33.3 Å². The average Bonchev–Trinajstić information content (AvgIpc) is 3.13. The Morgan fingerprint density at radius 2 is 2.00 bits per heavy atom. The fourth-order valence-corrected chi connectivity index (χ4v) is 3.49. The van der Waals surface area contributed by atoms with Crippen LogP contribution in [0.15, 0.2) is 24.3 Å². The largest absolute Gasteiger partial charge is 0.496 e. The number of hydrogen-bond acceptors (Lipinski definition) is 4. The number of ether oxygens (including phenoxy) is 1. The van der Waals surface area contributed by atoms with E-state index in [1.807, 2.05) is 29.2 Å². The topological polar surface area (TPSA) is 61.9 Å². The lowest BCUT2D eigenvalue weighted by Crippen LogP contribution is -2.56. The summed E-state index contributed by atoms with van der Waals surface area (Å²) in [6.45, 7) is 3.60. The van der Waals surface area contributed by atoms with E-state index in [9.17, 15) is 9.59 Å². The van der Waals surface area contributed by atoms with Crippen molar-refractivity contribution in [3.05, 3.63) is 29.8 Å². The second-order valence-electron chi connectivity index (χ2n) is 6.38. The lowest BCUT2D eigenvalue weighted by atomic mass is 10.1. The third kappa shape index (κ3) is 3.70. The SMILES string of the molecule is COc1ccccc1CN1CCNC(=O)C1CC(=O)N1CCCC1. The third-order valence-corrected chi connectivity index (χ3v) is 4.83. The number of rotatable bonds is 5. The molecule has 6 heteroatoms. The van der Waals surface area contributed by atoms with Crippen LogP contribution in [0.2, 0.25) is 0 Å². The zero-order chi connectivity index (χ0) is 16.9. The van der Waals surface area contributed by atoms with Crippen molar-refractivity contribution in [2.45, 2.75) is 31.8 Å². The summed E-state index contributed by atoms with van der Waals surface area (Å²) >= 11 is 0. The van der Waals surface area contributed by atoms with Gasteiger partial charge in [-0.1, -0.05) is 18.2 Å². The van der Waals surface area contributed by atoms with Gasteiger partial charge in [0, 0.05) is 38.3 Å². The molecule has 1 aromatic rings. The first-order valence-electron chi connectivity index (χ1n) is 8.60. The van der Waals surface area contributed by atoms with Crippen LogP contribution < -0.4 is 10.1 Å². The molecule has 0 aliphatic carbocycles. The van der Waals surface area contributed by atoms with Gasteiger partial charge in [0.05, 0.1) is 19.6 Å². The minimum absolute atomic E-state index is 0.0521. The first-order chi connectivity index (χ1) is 11.7. The van der Waals surface area contributed by atoms with Crippen LogP contribution in [0.3, 0.4) is 0 Å². The number of benzene rings is 1. The number of amides is 2. The van der Waals surface area contributed by atoms with Gasteiger partial charge in [-0.2, -0.15) is 0 Å². The summed E-state index contributed by atoms with van der Waals surface area (Å²) < 4.78 is 5.41. The number of carbonyl (C=O) groups excluding carboxylic acids is 2. The molecule has 2 fully saturated rings. The molecule has 1 N–H and O–H groups in total. The Balaban J connectivity index is 1.71. The summed E-state index contributed by atoms with van der Waals surface area (Å²) in [4.78, 5) is 28.8. The van der Waals surface area contributed by atoms with E-state index in [0.717, 1.165) is 43.8 Å². The van der Waals surface area contributed by atoms with Crippen LogP contribution in [0.1, 0.15) is 24.8 Å². The van der Waals surface area contributed by atoms with Crippen LogP contribution in [0.25, 0.3) is 0 Å². The highest BCUT2D eigenvalue weighted by molar-refractivity contribution is 5.89. The number of nitrogens with one attached hydrogen (secondary N) is 1. The van der Waals surface area contributed by atoms with Crippen molar-refractivity contribution >= 4 is 11.8 Å². The van der Waals surface area contributed by atoms with Gasteiger partial charge in [-0.25, -0.2) is 0 Å². The second-order valence-corrected chi connectivity index (χ2v) is 6.38. The highest BCUT2D eigenvalue weighted by Crippen LogP contribution is 2.22. The van der Waals surface area contributed by atoms with E-state index in [4.69, 9.17) is 4.74 Å². The number of carbonyl (C=O) groups is 2. The maximum atomic E-state index is 12.5. The van der Waals surface area contributed by atoms with Gasteiger partial charge in [0.2, 0.25) is 11.8 Å². The van der Waals surface area contributed by atoms with Crippen molar-refractivity contribution in [3.63, 3.8) is 0 Å². The van der Waals surface area contributed by atoms with Crippen LogP contribution in [-0.2, 0) is 16.1 Å². The highest BCUT2D eigenvalue weighted by atomic mass is 16.5. The van der Waals surface area contributed by atoms with Gasteiger partial charge in [-0.15, -0.1) is 0 Å². The average molecular weight is 331 g/mol. The summed E-state index contributed by atoms with van der Waals surface area (Å²) in [6, 6.07) is 7.41. The molecule has 2 aliphatic heterocycles. The lowest BCUT2D eigenvalue weighted by molar-refractivity contribution is -0.138. The summed E-state index contributed by atoms with van der Waals surface area (Å²) in [6.07, 6.45) is 2.38. The van der Waals surface area contributed by atoms with E-state index in [0.29, 0.717) is 13.1 Å². The van der Waals surface area contributed by atoms with Crippen molar-refractivity contribution in [2.24, 2.45) is 0 Å². The summed E-state index contributed by atoms with van der Waals surface area (Å²) in [5.74, 6) is 0.844. The Hall–Kier alpha value is -2.08. The molecule has 1 aromatic carbocycles. The normalized spacial score (nSPS) is 21.6. The minimum Gasteiger partial charge on any atom is -0.496 e. The van der Waals surface area contributed by atoms with E-state index in [-0.39, 0.29) is 18.2 Å². The molecule has 0 bridgehead atoms. The van der Waals surface area contributed by atoms with Crippen LogP contribution in [0.4, 0.5) is 0 Å². The molecule has 3 rings (SSSR count). The molecule has 1 atom stereocenters.